The topological polar surface area (TPSA) is 165 Å². The highest BCUT2D eigenvalue weighted by Gasteiger charge is 2.34. The van der Waals surface area contributed by atoms with Gasteiger partial charge in [-0.3, -0.25) is 30.3 Å². The maximum Gasteiger partial charge on any atom is 0.347 e. The first kappa shape index (κ1) is 17.7. The van der Waals surface area contributed by atoms with Gasteiger partial charge in [0.2, 0.25) is 0 Å². The summed E-state index contributed by atoms with van der Waals surface area (Å²) in [7, 11) is 0. The van der Waals surface area contributed by atoms with E-state index in [9.17, 15) is 35.1 Å². The number of carbonyl (C=O) groups excluding carboxylic acids is 1. The smallest absolute Gasteiger partial charge is 0.347 e. The number of ether oxygens (including phenoxy) is 2. The molecule has 1 rings (SSSR count). The third-order valence-electron chi connectivity index (χ3n) is 2.55. The standard InChI is InChI=1S/C11H11N3O9/c1-3-22-11(15)6(2)23-10-8(13(18)19)4-7(12(16)17)5-9(10)14(20)21/h4-6H,3H2,1-2H3/t6-/m1/s1. The zero-order chi connectivity index (χ0) is 17.7. The zero-order valence-electron chi connectivity index (χ0n) is 12.0. The summed E-state index contributed by atoms with van der Waals surface area (Å²) in [5.41, 5.74) is -2.84. The van der Waals surface area contributed by atoms with E-state index in [2.05, 4.69) is 4.74 Å². The Hall–Kier alpha value is -3.31. The molecular formula is C11H11N3O9. The van der Waals surface area contributed by atoms with Crippen molar-refractivity contribution in [3.63, 3.8) is 0 Å². The van der Waals surface area contributed by atoms with Crippen LogP contribution in [-0.2, 0) is 9.53 Å². The van der Waals surface area contributed by atoms with E-state index in [0.29, 0.717) is 12.1 Å². The third kappa shape index (κ3) is 4.09. The Morgan fingerprint density at radius 2 is 1.57 bits per heavy atom. The highest BCUT2D eigenvalue weighted by molar-refractivity contribution is 5.75. The zero-order valence-corrected chi connectivity index (χ0v) is 12.0. The summed E-state index contributed by atoms with van der Waals surface area (Å²) in [5, 5.41) is 32.7. The fourth-order valence-corrected chi connectivity index (χ4v) is 1.57. The first-order valence-electron chi connectivity index (χ1n) is 6.13. The van der Waals surface area contributed by atoms with Crippen molar-refractivity contribution in [2.24, 2.45) is 0 Å². The van der Waals surface area contributed by atoms with Crippen LogP contribution < -0.4 is 4.74 Å². The molecule has 0 fully saturated rings. The van der Waals surface area contributed by atoms with Gasteiger partial charge < -0.3 is 9.47 Å². The number of rotatable bonds is 7. The van der Waals surface area contributed by atoms with Gasteiger partial charge in [0.05, 0.1) is 33.5 Å². The number of non-ortho nitro benzene ring substituents is 1. The van der Waals surface area contributed by atoms with Crippen molar-refractivity contribution in [2.45, 2.75) is 20.0 Å². The molecule has 124 valence electrons. The van der Waals surface area contributed by atoms with Gasteiger partial charge in [0, 0.05) is 0 Å². The van der Waals surface area contributed by atoms with Crippen LogP contribution in [0.3, 0.4) is 0 Å². The molecule has 0 spiro atoms. The van der Waals surface area contributed by atoms with Gasteiger partial charge in [-0.25, -0.2) is 4.79 Å². The van der Waals surface area contributed by atoms with E-state index in [1.807, 2.05) is 0 Å². The van der Waals surface area contributed by atoms with Crippen molar-refractivity contribution in [3.05, 3.63) is 42.5 Å². The number of hydrogen-bond donors (Lipinski definition) is 0. The van der Waals surface area contributed by atoms with Crippen LogP contribution in [0.25, 0.3) is 0 Å². The largest absolute Gasteiger partial charge is 0.467 e. The monoisotopic (exact) mass is 329 g/mol. The summed E-state index contributed by atoms with van der Waals surface area (Å²) < 4.78 is 9.59. The van der Waals surface area contributed by atoms with Crippen molar-refractivity contribution in [1.29, 1.82) is 0 Å². The summed E-state index contributed by atoms with van der Waals surface area (Å²) in [6, 6.07) is 1.03. The van der Waals surface area contributed by atoms with Gasteiger partial charge in [-0.1, -0.05) is 0 Å². The van der Waals surface area contributed by atoms with Crippen LogP contribution in [0.4, 0.5) is 17.1 Å². The molecule has 1 aromatic carbocycles. The van der Waals surface area contributed by atoms with E-state index in [1.54, 1.807) is 0 Å². The minimum atomic E-state index is -1.38. The van der Waals surface area contributed by atoms with E-state index in [-0.39, 0.29) is 6.61 Å². The van der Waals surface area contributed by atoms with Crippen LogP contribution in [0.15, 0.2) is 12.1 Å². The Labute approximate surface area is 128 Å². The van der Waals surface area contributed by atoms with Crippen molar-refractivity contribution in [1.82, 2.24) is 0 Å². The summed E-state index contributed by atoms with van der Waals surface area (Å²) in [4.78, 5) is 41.1. The molecule has 1 atom stereocenters. The third-order valence-corrected chi connectivity index (χ3v) is 2.55. The highest BCUT2D eigenvalue weighted by Crippen LogP contribution is 2.41. The van der Waals surface area contributed by atoms with E-state index >= 15 is 0 Å². The molecule has 0 aliphatic carbocycles. The molecule has 23 heavy (non-hydrogen) atoms. The lowest BCUT2D eigenvalue weighted by molar-refractivity contribution is -0.404. The minimum absolute atomic E-state index is 0.0109. The maximum atomic E-state index is 11.5. The lowest BCUT2D eigenvalue weighted by Crippen LogP contribution is -2.26. The van der Waals surface area contributed by atoms with Gasteiger partial charge in [0.25, 0.3) is 11.4 Å². The summed E-state index contributed by atoms with van der Waals surface area (Å²) >= 11 is 0. The molecule has 0 aromatic heterocycles. The van der Waals surface area contributed by atoms with Crippen molar-refractivity contribution in [2.75, 3.05) is 6.61 Å². The normalized spacial score (nSPS) is 11.4. The molecule has 0 aliphatic rings. The number of nitro groups is 3. The maximum absolute atomic E-state index is 11.5. The fourth-order valence-electron chi connectivity index (χ4n) is 1.57. The molecule has 12 heteroatoms. The molecule has 0 unspecified atom stereocenters. The Morgan fingerprint density at radius 3 is 1.91 bits per heavy atom. The summed E-state index contributed by atoms with van der Waals surface area (Å²) in [6.07, 6.45) is -1.38. The first-order chi connectivity index (χ1) is 10.7. The molecule has 0 bridgehead atoms. The lowest BCUT2D eigenvalue weighted by Gasteiger charge is -2.13. The van der Waals surface area contributed by atoms with Gasteiger partial charge in [-0.15, -0.1) is 0 Å². The second-order valence-electron chi connectivity index (χ2n) is 4.10. The Bertz CT molecular complexity index is 638. The first-order valence-corrected chi connectivity index (χ1v) is 6.13. The minimum Gasteiger partial charge on any atom is -0.467 e. The van der Waals surface area contributed by atoms with Crippen LogP contribution in [0.5, 0.6) is 5.75 Å². The lowest BCUT2D eigenvalue weighted by atomic mass is 10.2. The molecule has 0 N–H and O–H groups in total. The molecule has 0 saturated heterocycles. The SMILES string of the molecule is CCOC(=O)[C@@H](C)Oc1c([N+](=O)[O-])cc([N+](=O)[O-])cc1[N+](=O)[O-]. The van der Waals surface area contributed by atoms with Crippen LogP contribution in [-0.4, -0.2) is 33.5 Å². The van der Waals surface area contributed by atoms with Crippen LogP contribution in [0, 0.1) is 30.3 Å². The van der Waals surface area contributed by atoms with Crippen molar-refractivity contribution < 1.29 is 29.0 Å². The molecule has 0 heterocycles. The predicted molar refractivity (Wildman–Crippen MR) is 73.1 cm³/mol. The van der Waals surface area contributed by atoms with Gasteiger partial charge in [0.15, 0.2) is 6.10 Å². The number of nitrogens with zero attached hydrogens (tertiary/aromatic N) is 3. The number of carbonyl (C=O) groups is 1. The van der Waals surface area contributed by atoms with Gasteiger partial charge in [-0.2, -0.15) is 0 Å². The quantitative estimate of drug-likeness (QED) is 0.411. The Morgan fingerprint density at radius 1 is 1.09 bits per heavy atom. The molecule has 0 aliphatic heterocycles. The van der Waals surface area contributed by atoms with Crippen molar-refractivity contribution >= 4 is 23.0 Å². The average molecular weight is 329 g/mol. The highest BCUT2D eigenvalue weighted by atomic mass is 16.6. The number of benzene rings is 1. The molecule has 0 saturated carbocycles. The average Bonchev–Trinajstić information content (AvgIpc) is 2.46. The number of esters is 1. The van der Waals surface area contributed by atoms with Gasteiger partial charge in [-0.05, 0) is 13.8 Å². The second kappa shape index (κ2) is 7.11. The Balaban J connectivity index is 3.43. The van der Waals surface area contributed by atoms with Crippen molar-refractivity contribution in [3.8, 4) is 5.75 Å². The van der Waals surface area contributed by atoms with Crippen LogP contribution in [0.2, 0.25) is 0 Å². The van der Waals surface area contributed by atoms with E-state index in [0.717, 1.165) is 0 Å². The summed E-state index contributed by atoms with van der Waals surface area (Å²) in [5.74, 6) is -1.75. The van der Waals surface area contributed by atoms with Crippen LogP contribution in [0.1, 0.15) is 13.8 Å². The molecule has 0 radical (unpaired) electrons. The number of nitro benzene ring substituents is 3. The Kier molecular flexibility index (Phi) is 5.48. The van der Waals surface area contributed by atoms with Crippen LogP contribution >= 0.6 is 0 Å². The fraction of sp³-hybridized carbons (Fsp3) is 0.364. The van der Waals surface area contributed by atoms with Gasteiger partial charge in [0.1, 0.15) is 0 Å². The van der Waals surface area contributed by atoms with Gasteiger partial charge >= 0.3 is 17.3 Å². The molecule has 0 amide bonds. The van der Waals surface area contributed by atoms with E-state index < -0.39 is 49.7 Å². The number of hydrogen-bond acceptors (Lipinski definition) is 9. The second-order valence-corrected chi connectivity index (χ2v) is 4.10. The van der Waals surface area contributed by atoms with E-state index in [4.69, 9.17) is 4.74 Å². The molecule has 12 nitrogen and oxygen atoms in total. The molecule has 1 aromatic rings. The predicted octanol–water partition coefficient (Wildman–Crippen LogP) is 1.74. The summed E-state index contributed by atoms with van der Waals surface area (Å²) in [6.45, 7) is 2.70. The molecular weight excluding hydrogens is 318 g/mol. The van der Waals surface area contributed by atoms with E-state index in [1.165, 1.54) is 13.8 Å².